The largest absolute Gasteiger partial charge is 0.497 e. The van der Waals surface area contributed by atoms with Crippen LogP contribution in [0.2, 0.25) is 0 Å². The number of rotatable bonds is 8. The number of nitrogens with one attached hydrogen (secondary N) is 2. The molecule has 0 bridgehead atoms. The zero-order chi connectivity index (χ0) is 19.6. The first-order valence-electron chi connectivity index (χ1n) is 9.52. The molecule has 2 N–H and O–H groups in total. The second-order valence-corrected chi connectivity index (χ2v) is 6.35. The van der Waals surface area contributed by atoms with Gasteiger partial charge in [0.25, 0.3) is 0 Å². The molecule has 154 valence electrons. The van der Waals surface area contributed by atoms with Crippen LogP contribution in [0.15, 0.2) is 72.0 Å². The van der Waals surface area contributed by atoms with E-state index < -0.39 is 0 Å². The topological polar surface area (TPSA) is 63.5 Å². The summed E-state index contributed by atoms with van der Waals surface area (Å²) in [5.41, 5.74) is 3.39. The third-order valence-electron chi connectivity index (χ3n) is 4.29. The summed E-state index contributed by atoms with van der Waals surface area (Å²) in [6.07, 6.45) is 4.86. The number of nitrogens with zero attached hydrogens (tertiary/aromatic N) is 3. The third-order valence-corrected chi connectivity index (χ3v) is 4.29. The van der Waals surface area contributed by atoms with Crippen molar-refractivity contribution in [2.75, 3.05) is 20.2 Å². The van der Waals surface area contributed by atoms with Crippen molar-refractivity contribution in [2.24, 2.45) is 4.99 Å². The lowest BCUT2D eigenvalue weighted by molar-refractivity contribution is 0.414. The van der Waals surface area contributed by atoms with Crippen molar-refractivity contribution in [3.63, 3.8) is 0 Å². The average Bonchev–Trinajstić information content (AvgIpc) is 3.22. The van der Waals surface area contributed by atoms with Gasteiger partial charge >= 0.3 is 0 Å². The van der Waals surface area contributed by atoms with Gasteiger partial charge in [0.2, 0.25) is 0 Å². The van der Waals surface area contributed by atoms with Gasteiger partial charge in [0.05, 0.1) is 25.5 Å². The summed E-state index contributed by atoms with van der Waals surface area (Å²) in [4.78, 5) is 4.66. The number of methoxy groups -OCH3 is 1. The molecule has 0 aliphatic carbocycles. The summed E-state index contributed by atoms with van der Waals surface area (Å²) in [5, 5.41) is 11.1. The van der Waals surface area contributed by atoms with E-state index in [4.69, 9.17) is 4.74 Å². The summed E-state index contributed by atoms with van der Waals surface area (Å²) in [5.74, 6) is 1.67. The molecule has 0 aliphatic heterocycles. The number of para-hydroxylation sites is 1. The van der Waals surface area contributed by atoms with Crippen molar-refractivity contribution >= 4 is 29.9 Å². The molecule has 0 amide bonds. The first kappa shape index (κ1) is 22.7. The maximum Gasteiger partial charge on any atom is 0.191 e. The summed E-state index contributed by atoms with van der Waals surface area (Å²) in [7, 11) is 1.67. The highest BCUT2D eigenvalue weighted by Gasteiger charge is 2.02. The molecule has 1 aromatic heterocycles. The lowest BCUT2D eigenvalue weighted by atomic mass is 10.2. The Hall–Kier alpha value is -2.55. The van der Waals surface area contributed by atoms with Crippen molar-refractivity contribution in [2.45, 2.75) is 19.9 Å². The Kier molecular flexibility index (Phi) is 9.49. The van der Waals surface area contributed by atoms with E-state index in [2.05, 4.69) is 33.8 Å². The van der Waals surface area contributed by atoms with Crippen LogP contribution in [0.25, 0.3) is 5.69 Å². The molecule has 0 fully saturated rings. The van der Waals surface area contributed by atoms with Gasteiger partial charge in [-0.25, -0.2) is 9.67 Å². The monoisotopic (exact) mass is 505 g/mol. The Morgan fingerprint density at radius 1 is 1.03 bits per heavy atom. The molecule has 6 nitrogen and oxygen atoms in total. The van der Waals surface area contributed by atoms with Crippen LogP contribution >= 0.6 is 24.0 Å². The van der Waals surface area contributed by atoms with Gasteiger partial charge in [-0.2, -0.15) is 5.10 Å². The third kappa shape index (κ3) is 7.08. The second-order valence-electron chi connectivity index (χ2n) is 6.35. The molecule has 0 aliphatic rings. The smallest absolute Gasteiger partial charge is 0.191 e. The molecule has 0 spiro atoms. The van der Waals surface area contributed by atoms with Gasteiger partial charge in [-0.15, -0.1) is 24.0 Å². The number of hydrogen-bond donors (Lipinski definition) is 2. The fourth-order valence-corrected chi connectivity index (χ4v) is 2.78. The molecule has 0 unspecified atom stereocenters. The van der Waals surface area contributed by atoms with E-state index in [1.165, 1.54) is 5.56 Å². The van der Waals surface area contributed by atoms with E-state index >= 15 is 0 Å². The molecule has 0 saturated heterocycles. The van der Waals surface area contributed by atoms with Crippen LogP contribution in [0.1, 0.15) is 18.1 Å². The van der Waals surface area contributed by atoms with E-state index in [1.807, 2.05) is 65.5 Å². The number of aromatic nitrogens is 2. The van der Waals surface area contributed by atoms with Crippen LogP contribution in [0.3, 0.4) is 0 Å². The molecule has 3 rings (SSSR count). The van der Waals surface area contributed by atoms with Crippen molar-refractivity contribution < 1.29 is 4.74 Å². The molecule has 0 atom stereocenters. The Morgan fingerprint density at radius 3 is 2.48 bits per heavy atom. The lowest BCUT2D eigenvalue weighted by Gasteiger charge is -2.11. The molecule has 2 aromatic carbocycles. The molecule has 29 heavy (non-hydrogen) atoms. The summed E-state index contributed by atoms with van der Waals surface area (Å²) in [6.45, 7) is 4.29. The summed E-state index contributed by atoms with van der Waals surface area (Å²) in [6, 6.07) is 18.1. The maximum atomic E-state index is 5.19. The fourth-order valence-electron chi connectivity index (χ4n) is 2.78. The van der Waals surface area contributed by atoms with Crippen LogP contribution in [0.5, 0.6) is 5.75 Å². The van der Waals surface area contributed by atoms with Gasteiger partial charge in [0.15, 0.2) is 5.96 Å². The van der Waals surface area contributed by atoms with Gasteiger partial charge in [-0.1, -0.05) is 30.3 Å². The van der Waals surface area contributed by atoms with E-state index in [0.717, 1.165) is 42.5 Å². The standard InChI is InChI=1S/C22H27N5O.HI/c1-3-23-22(25-15-18-9-11-21(28-2)12-10-18)24-14-13-19-16-26-27(17-19)20-7-5-4-6-8-20;/h4-12,16-17H,3,13-15H2,1-2H3,(H2,23,24,25);1H. The minimum absolute atomic E-state index is 0. The highest BCUT2D eigenvalue weighted by Crippen LogP contribution is 2.12. The lowest BCUT2D eigenvalue weighted by Crippen LogP contribution is -2.38. The highest BCUT2D eigenvalue weighted by atomic mass is 127. The Balaban J connectivity index is 0.00000300. The maximum absolute atomic E-state index is 5.19. The predicted octanol–water partition coefficient (Wildman–Crippen LogP) is 3.80. The highest BCUT2D eigenvalue weighted by molar-refractivity contribution is 14.0. The predicted molar refractivity (Wildman–Crippen MR) is 128 cm³/mol. The number of aliphatic imine (C=N–C) groups is 1. The van der Waals surface area contributed by atoms with Crippen molar-refractivity contribution in [1.29, 1.82) is 0 Å². The summed E-state index contributed by atoms with van der Waals surface area (Å²) < 4.78 is 7.09. The molecule has 0 saturated carbocycles. The van der Waals surface area contributed by atoms with Crippen LogP contribution in [0, 0.1) is 0 Å². The SMILES string of the molecule is CCNC(=NCc1ccc(OC)cc1)NCCc1cnn(-c2ccccc2)c1.I. The van der Waals surface area contributed by atoms with Crippen LogP contribution in [0.4, 0.5) is 0 Å². The van der Waals surface area contributed by atoms with Crippen LogP contribution in [-0.2, 0) is 13.0 Å². The quantitative estimate of drug-likeness (QED) is 0.278. The van der Waals surface area contributed by atoms with E-state index in [1.54, 1.807) is 7.11 Å². The minimum Gasteiger partial charge on any atom is -0.497 e. The molecule has 1 heterocycles. The second kappa shape index (κ2) is 12.1. The molecular formula is C22H28IN5O. The van der Waals surface area contributed by atoms with Crippen molar-refractivity contribution in [3.8, 4) is 11.4 Å². The van der Waals surface area contributed by atoms with E-state index in [9.17, 15) is 0 Å². The Morgan fingerprint density at radius 2 is 1.79 bits per heavy atom. The number of benzene rings is 2. The molecule has 7 heteroatoms. The van der Waals surface area contributed by atoms with Gasteiger partial charge in [-0.05, 0) is 48.7 Å². The van der Waals surface area contributed by atoms with Gasteiger partial charge < -0.3 is 15.4 Å². The minimum atomic E-state index is 0. The van der Waals surface area contributed by atoms with Gasteiger partial charge in [0, 0.05) is 19.3 Å². The Bertz CT molecular complexity index is 878. The number of ether oxygens (including phenoxy) is 1. The first-order valence-corrected chi connectivity index (χ1v) is 9.52. The van der Waals surface area contributed by atoms with Crippen LogP contribution < -0.4 is 15.4 Å². The fraction of sp³-hybridized carbons (Fsp3) is 0.273. The first-order chi connectivity index (χ1) is 13.8. The molecule has 0 radical (unpaired) electrons. The van der Waals surface area contributed by atoms with E-state index in [-0.39, 0.29) is 24.0 Å². The normalized spacial score (nSPS) is 10.9. The molecule has 3 aromatic rings. The number of guanidine groups is 1. The van der Waals surface area contributed by atoms with Gasteiger partial charge in [-0.3, -0.25) is 0 Å². The zero-order valence-electron chi connectivity index (χ0n) is 16.8. The average molecular weight is 505 g/mol. The van der Waals surface area contributed by atoms with Crippen molar-refractivity contribution in [1.82, 2.24) is 20.4 Å². The number of halogens is 1. The zero-order valence-corrected chi connectivity index (χ0v) is 19.2. The molecular weight excluding hydrogens is 477 g/mol. The van der Waals surface area contributed by atoms with Crippen LogP contribution in [-0.4, -0.2) is 35.9 Å². The van der Waals surface area contributed by atoms with Crippen molar-refractivity contribution in [3.05, 3.63) is 78.1 Å². The van der Waals surface area contributed by atoms with E-state index in [0.29, 0.717) is 6.54 Å². The summed E-state index contributed by atoms with van der Waals surface area (Å²) >= 11 is 0. The Labute approximate surface area is 189 Å². The van der Waals surface area contributed by atoms with Gasteiger partial charge in [0.1, 0.15) is 5.75 Å². The number of hydrogen-bond acceptors (Lipinski definition) is 3.